The number of aromatic amines is 1. The molecule has 0 saturated carbocycles. The molecule has 0 atom stereocenters. The molecule has 0 aliphatic carbocycles. The van der Waals surface area contributed by atoms with Gasteiger partial charge < -0.3 is 23.9 Å². The van der Waals surface area contributed by atoms with E-state index >= 15 is 0 Å². The summed E-state index contributed by atoms with van der Waals surface area (Å²) in [6, 6.07) is 9.18. The van der Waals surface area contributed by atoms with E-state index < -0.39 is 5.97 Å². The predicted molar refractivity (Wildman–Crippen MR) is 108 cm³/mol. The van der Waals surface area contributed by atoms with E-state index in [-0.39, 0.29) is 0 Å². The van der Waals surface area contributed by atoms with Gasteiger partial charge in [0.15, 0.2) is 11.5 Å². The zero-order valence-electron chi connectivity index (χ0n) is 16.2. The molecule has 0 radical (unpaired) electrons. The van der Waals surface area contributed by atoms with Crippen LogP contribution in [0.2, 0.25) is 5.02 Å². The third-order valence-electron chi connectivity index (χ3n) is 4.45. The smallest absolute Gasteiger partial charge is 0.355 e. The van der Waals surface area contributed by atoms with Gasteiger partial charge >= 0.3 is 5.97 Å². The third-order valence-corrected chi connectivity index (χ3v) is 4.69. The number of methoxy groups -OCH3 is 3. The van der Waals surface area contributed by atoms with Gasteiger partial charge in [0, 0.05) is 22.3 Å². The monoisotopic (exact) mass is 403 g/mol. The number of H-pyrrole nitrogens is 1. The molecule has 1 heterocycles. The van der Waals surface area contributed by atoms with Gasteiger partial charge in [0.05, 0.1) is 27.9 Å². The molecule has 3 rings (SSSR count). The number of ether oxygens (including phenoxy) is 4. The second-order valence-corrected chi connectivity index (χ2v) is 6.54. The summed E-state index contributed by atoms with van der Waals surface area (Å²) in [5.41, 5.74) is 2.91. The van der Waals surface area contributed by atoms with Crippen LogP contribution >= 0.6 is 11.6 Å². The topological polar surface area (TPSA) is 69.8 Å². The highest BCUT2D eigenvalue weighted by molar-refractivity contribution is 6.31. The van der Waals surface area contributed by atoms with E-state index in [1.165, 1.54) is 0 Å². The summed E-state index contributed by atoms with van der Waals surface area (Å²) in [4.78, 5) is 15.7. The van der Waals surface area contributed by atoms with Gasteiger partial charge in [0.1, 0.15) is 5.69 Å². The normalized spacial score (nSPS) is 10.8. The van der Waals surface area contributed by atoms with Gasteiger partial charge in [-0.25, -0.2) is 4.79 Å². The maximum atomic E-state index is 12.5. The van der Waals surface area contributed by atoms with Crippen LogP contribution in [0.1, 0.15) is 28.5 Å². The molecule has 1 aromatic heterocycles. The standard InChI is InChI=1S/C21H22ClNO5/c1-5-28-21(24)19-15(14-11-13(22)6-7-16(14)23-19)8-12-9-17(25-2)20(27-4)18(10-12)26-3/h6-7,9-11,23H,5,8H2,1-4H3. The number of halogens is 1. The molecule has 0 bridgehead atoms. The Morgan fingerprint density at radius 2 is 1.71 bits per heavy atom. The van der Waals surface area contributed by atoms with Crippen LogP contribution in [0, 0.1) is 0 Å². The first kappa shape index (κ1) is 19.9. The quantitative estimate of drug-likeness (QED) is 0.583. The number of esters is 1. The molecule has 0 fully saturated rings. The summed E-state index contributed by atoms with van der Waals surface area (Å²) in [6.45, 7) is 2.06. The van der Waals surface area contributed by atoms with E-state index in [0.29, 0.717) is 41.0 Å². The highest BCUT2D eigenvalue weighted by Crippen LogP contribution is 2.39. The minimum atomic E-state index is -0.405. The van der Waals surface area contributed by atoms with E-state index in [1.54, 1.807) is 34.3 Å². The van der Waals surface area contributed by atoms with E-state index in [9.17, 15) is 4.79 Å². The number of benzene rings is 2. The van der Waals surface area contributed by atoms with Crippen LogP contribution in [-0.2, 0) is 11.2 Å². The summed E-state index contributed by atoms with van der Waals surface area (Å²) in [6.07, 6.45) is 0.450. The van der Waals surface area contributed by atoms with Crippen molar-refractivity contribution in [3.8, 4) is 17.2 Å². The number of nitrogens with one attached hydrogen (secondary N) is 1. The largest absolute Gasteiger partial charge is 0.493 e. The highest BCUT2D eigenvalue weighted by atomic mass is 35.5. The number of hydrogen-bond donors (Lipinski definition) is 1. The molecule has 0 saturated heterocycles. The summed E-state index contributed by atoms with van der Waals surface area (Å²) in [7, 11) is 4.69. The van der Waals surface area contributed by atoms with E-state index in [0.717, 1.165) is 22.0 Å². The van der Waals surface area contributed by atoms with Crippen molar-refractivity contribution in [2.24, 2.45) is 0 Å². The minimum absolute atomic E-state index is 0.290. The van der Waals surface area contributed by atoms with Gasteiger partial charge in [0.25, 0.3) is 0 Å². The highest BCUT2D eigenvalue weighted by Gasteiger charge is 2.21. The summed E-state index contributed by atoms with van der Waals surface area (Å²) >= 11 is 6.19. The van der Waals surface area contributed by atoms with Crippen LogP contribution in [0.5, 0.6) is 17.2 Å². The first-order chi connectivity index (χ1) is 13.5. The van der Waals surface area contributed by atoms with Crippen molar-refractivity contribution in [1.29, 1.82) is 0 Å². The minimum Gasteiger partial charge on any atom is -0.493 e. The summed E-state index contributed by atoms with van der Waals surface area (Å²) in [5.74, 6) is 1.21. The molecule has 148 valence electrons. The lowest BCUT2D eigenvalue weighted by molar-refractivity contribution is 0.0519. The molecule has 0 unspecified atom stereocenters. The fourth-order valence-corrected chi connectivity index (χ4v) is 3.39. The molecular formula is C21H22ClNO5. The van der Waals surface area contributed by atoms with Gasteiger partial charge in [-0.1, -0.05) is 11.6 Å². The number of aromatic nitrogens is 1. The Labute approximate surface area is 168 Å². The zero-order valence-corrected chi connectivity index (χ0v) is 17.0. The molecule has 6 nitrogen and oxygen atoms in total. The Balaban J connectivity index is 2.14. The van der Waals surface area contributed by atoms with Crippen LogP contribution in [0.4, 0.5) is 0 Å². The Kier molecular flexibility index (Phi) is 5.99. The molecule has 0 aliphatic heterocycles. The van der Waals surface area contributed by atoms with Crippen molar-refractivity contribution < 1.29 is 23.7 Å². The fraction of sp³-hybridized carbons (Fsp3) is 0.286. The van der Waals surface area contributed by atoms with Crippen molar-refractivity contribution in [2.45, 2.75) is 13.3 Å². The fourth-order valence-electron chi connectivity index (χ4n) is 3.22. The molecule has 0 spiro atoms. The molecule has 1 N–H and O–H groups in total. The van der Waals surface area contributed by atoms with E-state index in [1.807, 2.05) is 24.3 Å². The van der Waals surface area contributed by atoms with E-state index in [4.69, 9.17) is 30.5 Å². The predicted octanol–water partition coefficient (Wildman–Crippen LogP) is 4.61. The number of fused-ring (bicyclic) bond motifs is 1. The average Bonchev–Trinajstić information content (AvgIpc) is 3.05. The molecular weight excluding hydrogens is 382 g/mol. The molecule has 0 amide bonds. The summed E-state index contributed by atoms with van der Waals surface area (Å²) < 4.78 is 21.5. The van der Waals surface area contributed by atoms with Crippen LogP contribution in [0.15, 0.2) is 30.3 Å². The molecule has 7 heteroatoms. The van der Waals surface area contributed by atoms with E-state index in [2.05, 4.69) is 4.98 Å². The second kappa shape index (κ2) is 8.44. The van der Waals surface area contributed by atoms with Gasteiger partial charge in [-0.3, -0.25) is 0 Å². The van der Waals surface area contributed by atoms with Crippen molar-refractivity contribution in [2.75, 3.05) is 27.9 Å². The number of carbonyl (C=O) groups excluding carboxylic acids is 1. The Morgan fingerprint density at radius 3 is 2.29 bits per heavy atom. The molecule has 28 heavy (non-hydrogen) atoms. The summed E-state index contributed by atoms with van der Waals surface area (Å²) in [5, 5.41) is 1.46. The average molecular weight is 404 g/mol. The van der Waals surface area contributed by atoms with Gasteiger partial charge in [-0.05, 0) is 48.4 Å². The number of rotatable bonds is 7. The Morgan fingerprint density at radius 1 is 1.04 bits per heavy atom. The second-order valence-electron chi connectivity index (χ2n) is 6.10. The molecule has 2 aromatic carbocycles. The van der Waals surface area contributed by atoms with Crippen molar-refractivity contribution in [3.63, 3.8) is 0 Å². The Hall–Kier alpha value is -2.86. The van der Waals surface area contributed by atoms with Crippen LogP contribution in [0.3, 0.4) is 0 Å². The van der Waals surface area contributed by atoms with Gasteiger partial charge in [0.2, 0.25) is 5.75 Å². The van der Waals surface area contributed by atoms with Gasteiger partial charge in [-0.2, -0.15) is 0 Å². The zero-order chi connectivity index (χ0) is 20.3. The van der Waals surface area contributed by atoms with Crippen LogP contribution in [0.25, 0.3) is 10.9 Å². The molecule has 3 aromatic rings. The lowest BCUT2D eigenvalue weighted by Gasteiger charge is -2.14. The van der Waals surface area contributed by atoms with Crippen molar-refractivity contribution in [1.82, 2.24) is 4.98 Å². The third kappa shape index (κ3) is 3.73. The number of carbonyl (C=O) groups is 1. The lowest BCUT2D eigenvalue weighted by atomic mass is 10.0. The maximum absolute atomic E-state index is 12.5. The first-order valence-electron chi connectivity index (χ1n) is 8.78. The van der Waals surface area contributed by atoms with Crippen LogP contribution in [-0.4, -0.2) is 38.9 Å². The lowest BCUT2D eigenvalue weighted by Crippen LogP contribution is -2.08. The molecule has 0 aliphatic rings. The number of hydrogen-bond acceptors (Lipinski definition) is 5. The van der Waals surface area contributed by atoms with Crippen LogP contribution < -0.4 is 14.2 Å². The Bertz CT molecular complexity index is 986. The van der Waals surface area contributed by atoms with Crippen molar-refractivity contribution >= 4 is 28.5 Å². The SMILES string of the molecule is CCOC(=O)c1[nH]c2ccc(Cl)cc2c1Cc1cc(OC)c(OC)c(OC)c1. The van der Waals surface area contributed by atoms with Gasteiger partial charge in [-0.15, -0.1) is 0 Å². The maximum Gasteiger partial charge on any atom is 0.355 e. The van der Waals surface area contributed by atoms with Crippen molar-refractivity contribution in [3.05, 3.63) is 52.2 Å². The first-order valence-corrected chi connectivity index (χ1v) is 9.16.